The van der Waals surface area contributed by atoms with Gasteiger partial charge in [-0.15, -0.1) is 0 Å². The number of allylic oxidation sites excluding steroid dienone is 20. The molecule has 0 spiro atoms. The van der Waals surface area contributed by atoms with Crippen molar-refractivity contribution in [3.8, 4) is 0 Å². The van der Waals surface area contributed by atoms with E-state index in [1.165, 1.54) is 44.6 Å². The van der Waals surface area contributed by atoms with Gasteiger partial charge in [-0.2, -0.15) is 0 Å². The number of aliphatic hydroxyl groups is 2. The van der Waals surface area contributed by atoms with E-state index < -0.39 is 0 Å². The average molecular weight is 569 g/mol. The van der Waals surface area contributed by atoms with Crippen LogP contribution >= 0.6 is 0 Å². The van der Waals surface area contributed by atoms with E-state index in [9.17, 15) is 10.2 Å². The third-order valence-electron chi connectivity index (χ3n) is 8.24. The Morgan fingerprint density at radius 2 is 0.857 bits per heavy atom. The SMILES string of the molecule is CC1=C(/C=C/C(C)=C\C=C/C(C)=C\C=C\C=C(C)/C=C/C=C(C)\C=C\C2=C(C)C[C@H](O)CC2(C)C)C(C)(C)C[C@@H](O)C1. The lowest BCUT2D eigenvalue weighted by Crippen LogP contribution is -2.28. The lowest BCUT2D eigenvalue weighted by molar-refractivity contribution is 0.116. The van der Waals surface area contributed by atoms with Gasteiger partial charge in [0, 0.05) is 0 Å². The quantitative estimate of drug-likeness (QED) is 0.257. The summed E-state index contributed by atoms with van der Waals surface area (Å²) in [6, 6.07) is 0. The molecule has 0 heterocycles. The molecule has 0 saturated heterocycles. The zero-order chi connectivity index (χ0) is 31.5. The minimum absolute atomic E-state index is 0.00547. The molecule has 2 aliphatic carbocycles. The normalized spacial score (nSPS) is 25.0. The minimum atomic E-state index is -0.227. The number of hydrogen-bond donors (Lipinski definition) is 2. The molecule has 0 fully saturated rings. The van der Waals surface area contributed by atoms with E-state index in [4.69, 9.17) is 0 Å². The summed E-state index contributed by atoms with van der Waals surface area (Å²) in [4.78, 5) is 0. The molecule has 2 atom stereocenters. The van der Waals surface area contributed by atoms with E-state index >= 15 is 0 Å². The van der Waals surface area contributed by atoms with Crippen LogP contribution in [0.15, 0.2) is 130 Å². The first kappa shape index (κ1) is 35.3. The van der Waals surface area contributed by atoms with Crippen LogP contribution in [-0.2, 0) is 0 Å². The fraction of sp³-hybridized carbons (Fsp3) is 0.450. The Bertz CT molecular complexity index is 1190. The van der Waals surface area contributed by atoms with Crippen LogP contribution in [-0.4, -0.2) is 22.4 Å². The topological polar surface area (TPSA) is 40.5 Å². The largest absolute Gasteiger partial charge is 0.393 e. The van der Waals surface area contributed by atoms with E-state index in [1.54, 1.807) is 0 Å². The standard InChI is InChI=1S/C40H56O2/c1-29(17-13-19-31(3)21-23-37-33(5)25-35(41)27-39(37,7)8)15-11-12-16-30(2)18-14-20-32(4)22-24-38-34(6)26-36(42)28-40(38,9)10/h11-24,35-36,41-42H,25-28H2,1-10H3/b12-11+,17-13-,18-14+,23-21+,24-22+,29-15-,30-16-,31-19-,32-20-/t35-,36-/m0/s1. The van der Waals surface area contributed by atoms with Crippen LogP contribution < -0.4 is 0 Å². The molecule has 2 nitrogen and oxygen atoms in total. The third kappa shape index (κ3) is 11.7. The second kappa shape index (κ2) is 16.1. The van der Waals surface area contributed by atoms with Gasteiger partial charge in [-0.1, -0.05) is 146 Å². The van der Waals surface area contributed by atoms with Gasteiger partial charge < -0.3 is 10.2 Å². The summed E-state index contributed by atoms with van der Waals surface area (Å²) in [7, 11) is 0. The Morgan fingerprint density at radius 1 is 0.548 bits per heavy atom. The first-order chi connectivity index (χ1) is 19.6. The molecular weight excluding hydrogens is 512 g/mol. The molecule has 0 unspecified atom stereocenters. The van der Waals surface area contributed by atoms with Crippen molar-refractivity contribution in [2.45, 2.75) is 107 Å². The summed E-state index contributed by atoms with van der Waals surface area (Å²) in [6.45, 7) is 21.6. The molecule has 0 amide bonds. The lowest BCUT2D eigenvalue weighted by Gasteiger charge is -2.35. The van der Waals surface area contributed by atoms with Gasteiger partial charge in [0.1, 0.15) is 0 Å². The first-order valence-electron chi connectivity index (χ1n) is 15.5. The molecule has 0 aromatic carbocycles. The summed E-state index contributed by atoms with van der Waals surface area (Å²) in [6.07, 6.45) is 32.6. The maximum atomic E-state index is 10.1. The van der Waals surface area contributed by atoms with Crippen LogP contribution in [0, 0.1) is 10.8 Å². The molecule has 228 valence electrons. The fourth-order valence-corrected chi connectivity index (χ4v) is 6.13. The molecule has 0 aromatic rings. The van der Waals surface area contributed by atoms with Gasteiger partial charge >= 0.3 is 0 Å². The van der Waals surface area contributed by atoms with Crippen molar-refractivity contribution in [2.75, 3.05) is 0 Å². The van der Waals surface area contributed by atoms with Gasteiger partial charge in [0.2, 0.25) is 0 Å². The van der Waals surface area contributed by atoms with E-state index in [1.807, 2.05) is 0 Å². The molecule has 42 heavy (non-hydrogen) atoms. The highest BCUT2D eigenvalue weighted by Gasteiger charge is 2.32. The molecule has 0 saturated carbocycles. The average Bonchev–Trinajstić information content (AvgIpc) is 2.84. The summed E-state index contributed by atoms with van der Waals surface area (Å²) >= 11 is 0. The second-order valence-corrected chi connectivity index (χ2v) is 13.7. The molecule has 0 bridgehead atoms. The molecule has 2 rings (SSSR count). The Labute approximate surface area is 257 Å². The van der Waals surface area contributed by atoms with Crippen LogP contribution in [0.5, 0.6) is 0 Å². The number of hydrogen-bond acceptors (Lipinski definition) is 2. The number of rotatable bonds is 10. The summed E-state index contributed by atoms with van der Waals surface area (Å²) in [5, 5.41) is 20.2. The highest BCUT2D eigenvalue weighted by molar-refractivity contribution is 5.39. The van der Waals surface area contributed by atoms with Crippen molar-refractivity contribution >= 4 is 0 Å². The van der Waals surface area contributed by atoms with Crippen LogP contribution in [0.25, 0.3) is 0 Å². The monoisotopic (exact) mass is 568 g/mol. The fourth-order valence-electron chi connectivity index (χ4n) is 6.13. The Balaban J connectivity index is 1.90. The van der Waals surface area contributed by atoms with Gasteiger partial charge in [0.15, 0.2) is 0 Å². The zero-order valence-electron chi connectivity index (χ0n) is 28.0. The Morgan fingerprint density at radius 3 is 1.19 bits per heavy atom. The summed E-state index contributed by atoms with van der Waals surface area (Å²) in [5.41, 5.74) is 10.1. The molecule has 0 aliphatic heterocycles. The molecule has 0 aromatic heterocycles. The molecular formula is C40H56O2. The third-order valence-corrected chi connectivity index (χ3v) is 8.24. The van der Waals surface area contributed by atoms with E-state index in [0.29, 0.717) is 0 Å². The maximum Gasteiger partial charge on any atom is 0.0585 e. The maximum absolute atomic E-state index is 10.1. The number of aliphatic hydroxyl groups excluding tert-OH is 2. The summed E-state index contributed by atoms with van der Waals surface area (Å²) < 4.78 is 0. The second-order valence-electron chi connectivity index (χ2n) is 13.7. The van der Waals surface area contributed by atoms with Gasteiger partial charge in [0.25, 0.3) is 0 Å². The highest BCUT2D eigenvalue weighted by atomic mass is 16.3. The first-order valence-corrected chi connectivity index (χ1v) is 15.5. The van der Waals surface area contributed by atoms with Crippen molar-refractivity contribution in [3.63, 3.8) is 0 Å². The van der Waals surface area contributed by atoms with E-state index in [2.05, 4.69) is 154 Å². The smallest absolute Gasteiger partial charge is 0.0585 e. The summed E-state index contributed by atoms with van der Waals surface area (Å²) in [5.74, 6) is 0. The zero-order valence-corrected chi connectivity index (χ0v) is 28.0. The predicted molar refractivity (Wildman–Crippen MR) is 184 cm³/mol. The van der Waals surface area contributed by atoms with Crippen molar-refractivity contribution in [1.29, 1.82) is 0 Å². The van der Waals surface area contributed by atoms with Crippen LogP contribution in [0.4, 0.5) is 0 Å². The van der Waals surface area contributed by atoms with Crippen LogP contribution in [0.2, 0.25) is 0 Å². The van der Waals surface area contributed by atoms with Gasteiger partial charge in [-0.05, 0) is 89.2 Å². The minimum Gasteiger partial charge on any atom is -0.393 e. The van der Waals surface area contributed by atoms with Crippen LogP contribution in [0.3, 0.4) is 0 Å². The van der Waals surface area contributed by atoms with E-state index in [-0.39, 0.29) is 23.0 Å². The van der Waals surface area contributed by atoms with Gasteiger partial charge in [0.05, 0.1) is 12.2 Å². The van der Waals surface area contributed by atoms with Crippen molar-refractivity contribution < 1.29 is 10.2 Å². The molecule has 2 N–H and O–H groups in total. The van der Waals surface area contributed by atoms with Crippen molar-refractivity contribution in [2.24, 2.45) is 10.8 Å². The van der Waals surface area contributed by atoms with Gasteiger partial charge in [-0.3, -0.25) is 0 Å². The molecule has 2 heteroatoms. The highest BCUT2D eigenvalue weighted by Crippen LogP contribution is 2.42. The van der Waals surface area contributed by atoms with E-state index in [0.717, 1.165) is 25.7 Å². The predicted octanol–water partition coefficient (Wildman–Crippen LogP) is 10.5. The van der Waals surface area contributed by atoms with Crippen LogP contribution in [0.1, 0.15) is 94.9 Å². The molecule has 0 radical (unpaired) electrons. The molecule has 2 aliphatic rings. The van der Waals surface area contributed by atoms with Crippen molar-refractivity contribution in [1.82, 2.24) is 0 Å². The van der Waals surface area contributed by atoms with Gasteiger partial charge in [-0.25, -0.2) is 0 Å². The van der Waals surface area contributed by atoms with Crippen molar-refractivity contribution in [3.05, 3.63) is 130 Å². The Kier molecular flexibility index (Phi) is 13.5. The lowest BCUT2D eigenvalue weighted by atomic mass is 9.71. The Hall–Kier alpha value is -2.94.